The maximum Gasteiger partial charge on any atom is 0.407 e. The van der Waals surface area contributed by atoms with Crippen LogP contribution in [0.1, 0.15) is 6.92 Å². The molecule has 0 fully saturated rings. The minimum absolute atomic E-state index is 0.182. The minimum Gasteiger partial charge on any atom is -0.450 e. The molecule has 0 spiro atoms. The first-order valence-electron chi connectivity index (χ1n) is 2.90. The lowest BCUT2D eigenvalue weighted by molar-refractivity contribution is 0.152. The summed E-state index contributed by atoms with van der Waals surface area (Å²) in [7, 11) is 0. The Morgan fingerprint density at radius 2 is 2.40 bits per heavy atom. The molecule has 0 heterocycles. The fraction of sp³-hybridized carbons (Fsp3) is 0.500. The maximum atomic E-state index is 11.8. The van der Waals surface area contributed by atoms with E-state index in [-0.39, 0.29) is 13.2 Å². The molecule has 0 aromatic rings. The molecular formula is C6H10FNO2. The van der Waals surface area contributed by atoms with Gasteiger partial charge in [0.1, 0.15) is 5.83 Å². The molecule has 0 aliphatic rings. The Kier molecular flexibility index (Phi) is 4.28. The number of hydrogen-bond acceptors (Lipinski definition) is 2. The van der Waals surface area contributed by atoms with Crippen molar-refractivity contribution < 1.29 is 13.9 Å². The van der Waals surface area contributed by atoms with Gasteiger partial charge in [0.05, 0.1) is 13.2 Å². The molecule has 1 N–H and O–H groups in total. The molecular weight excluding hydrogens is 137 g/mol. The van der Waals surface area contributed by atoms with Gasteiger partial charge < -0.3 is 10.1 Å². The van der Waals surface area contributed by atoms with E-state index < -0.39 is 11.9 Å². The van der Waals surface area contributed by atoms with Crippen LogP contribution in [0.5, 0.6) is 0 Å². The van der Waals surface area contributed by atoms with Gasteiger partial charge in [-0.1, -0.05) is 6.58 Å². The van der Waals surface area contributed by atoms with E-state index in [1.807, 2.05) is 0 Å². The van der Waals surface area contributed by atoms with E-state index in [9.17, 15) is 9.18 Å². The van der Waals surface area contributed by atoms with Crippen LogP contribution in [0.3, 0.4) is 0 Å². The number of rotatable bonds is 3. The van der Waals surface area contributed by atoms with E-state index >= 15 is 0 Å². The second-order valence-corrected chi connectivity index (χ2v) is 1.59. The molecule has 0 bridgehead atoms. The van der Waals surface area contributed by atoms with Crippen molar-refractivity contribution in [3.05, 3.63) is 12.4 Å². The second kappa shape index (κ2) is 4.78. The third-order valence-corrected chi connectivity index (χ3v) is 0.700. The zero-order valence-electron chi connectivity index (χ0n) is 5.82. The lowest BCUT2D eigenvalue weighted by atomic mass is 10.6. The van der Waals surface area contributed by atoms with Crippen molar-refractivity contribution in [3.63, 3.8) is 0 Å². The van der Waals surface area contributed by atoms with E-state index in [0.717, 1.165) is 0 Å². The molecule has 0 saturated heterocycles. The second-order valence-electron chi connectivity index (χ2n) is 1.59. The van der Waals surface area contributed by atoms with Gasteiger partial charge in [0.2, 0.25) is 0 Å². The van der Waals surface area contributed by atoms with Crippen LogP contribution in [0.2, 0.25) is 0 Å². The predicted octanol–water partition coefficient (Wildman–Crippen LogP) is 1.22. The van der Waals surface area contributed by atoms with Crippen LogP contribution in [0.25, 0.3) is 0 Å². The summed E-state index contributed by atoms with van der Waals surface area (Å²) < 4.78 is 16.3. The van der Waals surface area contributed by atoms with Crippen LogP contribution in [0.4, 0.5) is 9.18 Å². The first kappa shape index (κ1) is 8.94. The molecule has 0 saturated carbocycles. The Hall–Kier alpha value is -1.06. The average molecular weight is 147 g/mol. The Labute approximate surface area is 58.9 Å². The standard InChI is InChI=1S/C6H10FNO2/c1-3-10-6(9)8-4-5(2)7/h2-4H2,1H3,(H,8,9). The molecule has 0 aromatic carbocycles. The van der Waals surface area contributed by atoms with Gasteiger partial charge in [-0.15, -0.1) is 0 Å². The lowest BCUT2D eigenvalue weighted by Gasteiger charge is -2.01. The van der Waals surface area contributed by atoms with E-state index in [2.05, 4.69) is 16.6 Å². The van der Waals surface area contributed by atoms with Gasteiger partial charge >= 0.3 is 6.09 Å². The topological polar surface area (TPSA) is 38.3 Å². The summed E-state index contributed by atoms with van der Waals surface area (Å²) in [6.07, 6.45) is -0.624. The molecule has 0 aromatic heterocycles. The zero-order chi connectivity index (χ0) is 7.98. The summed E-state index contributed by atoms with van der Waals surface area (Å²) in [5.41, 5.74) is 0. The van der Waals surface area contributed by atoms with Gasteiger partial charge in [-0.2, -0.15) is 0 Å². The Morgan fingerprint density at radius 1 is 1.80 bits per heavy atom. The van der Waals surface area contributed by atoms with Gasteiger partial charge in [-0.05, 0) is 6.92 Å². The normalized spacial score (nSPS) is 8.60. The van der Waals surface area contributed by atoms with Crippen LogP contribution in [-0.2, 0) is 4.74 Å². The average Bonchev–Trinajstić information content (AvgIpc) is 1.85. The monoisotopic (exact) mass is 147 g/mol. The molecule has 0 rings (SSSR count). The summed E-state index contributed by atoms with van der Waals surface area (Å²) in [5, 5.41) is 2.15. The molecule has 10 heavy (non-hydrogen) atoms. The summed E-state index contributed by atoms with van der Waals surface area (Å²) in [6.45, 7) is 4.72. The van der Waals surface area contributed by atoms with E-state index in [4.69, 9.17) is 0 Å². The Bertz CT molecular complexity index is 136. The quantitative estimate of drug-likeness (QED) is 0.651. The number of nitrogens with one attached hydrogen (secondary N) is 1. The fourth-order valence-corrected chi connectivity index (χ4v) is 0.350. The van der Waals surface area contributed by atoms with Crippen LogP contribution < -0.4 is 5.32 Å². The summed E-state index contributed by atoms with van der Waals surface area (Å²) >= 11 is 0. The lowest BCUT2D eigenvalue weighted by Crippen LogP contribution is -2.25. The Morgan fingerprint density at radius 3 is 2.80 bits per heavy atom. The number of carbonyl (C=O) groups is 1. The van der Waals surface area contributed by atoms with Gasteiger partial charge in [0.15, 0.2) is 0 Å². The first-order valence-corrected chi connectivity index (χ1v) is 2.90. The number of carbonyl (C=O) groups excluding carboxylic acids is 1. The number of alkyl carbamates (subject to hydrolysis) is 1. The van der Waals surface area contributed by atoms with Crippen molar-refractivity contribution in [1.82, 2.24) is 5.32 Å². The largest absolute Gasteiger partial charge is 0.450 e. The van der Waals surface area contributed by atoms with Gasteiger partial charge in [-0.3, -0.25) is 0 Å². The minimum atomic E-state index is -0.624. The highest BCUT2D eigenvalue weighted by Crippen LogP contribution is 1.86. The molecule has 0 aliphatic heterocycles. The fourth-order valence-electron chi connectivity index (χ4n) is 0.350. The molecule has 3 nitrogen and oxygen atoms in total. The van der Waals surface area contributed by atoms with Crippen molar-refractivity contribution in [2.75, 3.05) is 13.2 Å². The number of ether oxygens (including phenoxy) is 1. The molecule has 4 heteroatoms. The smallest absolute Gasteiger partial charge is 0.407 e. The highest BCUT2D eigenvalue weighted by molar-refractivity contribution is 5.67. The SMILES string of the molecule is C=C(F)CNC(=O)OCC. The van der Waals surface area contributed by atoms with Crippen LogP contribution in [0.15, 0.2) is 12.4 Å². The number of hydrogen-bond donors (Lipinski definition) is 1. The Balaban J connectivity index is 3.30. The summed E-state index contributed by atoms with van der Waals surface area (Å²) in [4.78, 5) is 10.4. The van der Waals surface area contributed by atoms with Crippen LogP contribution in [-0.4, -0.2) is 19.2 Å². The summed E-state index contributed by atoms with van der Waals surface area (Å²) in [6, 6.07) is 0. The molecule has 0 aliphatic carbocycles. The van der Waals surface area contributed by atoms with Gasteiger partial charge in [0.25, 0.3) is 0 Å². The third kappa shape index (κ3) is 5.08. The highest BCUT2D eigenvalue weighted by atomic mass is 19.1. The molecule has 0 atom stereocenters. The summed E-state index contributed by atoms with van der Waals surface area (Å²) in [5.74, 6) is -0.590. The van der Waals surface area contributed by atoms with Gasteiger partial charge in [0, 0.05) is 0 Å². The molecule has 0 radical (unpaired) electrons. The molecule has 1 amide bonds. The van der Waals surface area contributed by atoms with Gasteiger partial charge in [-0.25, -0.2) is 9.18 Å². The van der Waals surface area contributed by atoms with Crippen molar-refractivity contribution in [2.45, 2.75) is 6.92 Å². The van der Waals surface area contributed by atoms with Crippen LogP contribution in [0, 0.1) is 0 Å². The predicted molar refractivity (Wildman–Crippen MR) is 35.3 cm³/mol. The van der Waals surface area contributed by atoms with E-state index in [1.165, 1.54) is 0 Å². The molecule has 0 unspecified atom stereocenters. The van der Waals surface area contributed by atoms with Crippen molar-refractivity contribution in [1.29, 1.82) is 0 Å². The molecule has 58 valence electrons. The number of amides is 1. The van der Waals surface area contributed by atoms with Crippen molar-refractivity contribution in [2.24, 2.45) is 0 Å². The third-order valence-electron chi connectivity index (χ3n) is 0.700. The van der Waals surface area contributed by atoms with Crippen molar-refractivity contribution >= 4 is 6.09 Å². The zero-order valence-corrected chi connectivity index (χ0v) is 5.82. The first-order chi connectivity index (χ1) is 4.66. The maximum absolute atomic E-state index is 11.8. The van der Waals surface area contributed by atoms with E-state index in [1.54, 1.807) is 6.92 Å². The number of halogens is 1. The van der Waals surface area contributed by atoms with Crippen molar-refractivity contribution in [3.8, 4) is 0 Å². The van der Waals surface area contributed by atoms with Crippen LogP contribution >= 0.6 is 0 Å². The van der Waals surface area contributed by atoms with E-state index in [0.29, 0.717) is 0 Å². The highest BCUT2D eigenvalue weighted by Gasteiger charge is 1.98.